The predicted molar refractivity (Wildman–Crippen MR) is 65.0 cm³/mol. The molecule has 17 heavy (non-hydrogen) atoms. The van der Waals surface area contributed by atoms with Crippen molar-refractivity contribution in [2.24, 2.45) is 0 Å². The summed E-state index contributed by atoms with van der Waals surface area (Å²) >= 11 is 0. The van der Waals surface area contributed by atoms with E-state index < -0.39 is 11.4 Å². The van der Waals surface area contributed by atoms with E-state index in [1.54, 1.807) is 7.11 Å². The van der Waals surface area contributed by atoms with Crippen molar-refractivity contribution in [2.75, 3.05) is 7.11 Å². The normalized spacial score (nSPS) is 28.9. The zero-order chi connectivity index (χ0) is 12.3. The fraction of sp³-hybridized carbons (Fsp3) is 0.500. The van der Waals surface area contributed by atoms with Crippen LogP contribution in [0.2, 0.25) is 0 Å². The highest BCUT2D eigenvalue weighted by atomic mass is 16.5. The Morgan fingerprint density at radius 3 is 2.35 bits per heavy atom. The van der Waals surface area contributed by atoms with Gasteiger partial charge in [0.1, 0.15) is 0 Å². The van der Waals surface area contributed by atoms with E-state index in [-0.39, 0.29) is 6.10 Å². The van der Waals surface area contributed by atoms with Crippen LogP contribution in [0.4, 0.5) is 0 Å². The molecule has 1 aromatic carbocycles. The fourth-order valence-electron chi connectivity index (χ4n) is 2.70. The highest BCUT2D eigenvalue weighted by molar-refractivity contribution is 5.81. The van der Waals surface area contributed by atoms with Gasteiger partial charge < -0.3 is 9.84 Å². The van der Waals surface area contributed by atoms with Gasteiger partial charge in [0, 0.05) is 7.11 Å². The average Bonchev–Trinajstić information content (AvgIpc) is 2.39. The number of hydrogen-bond donors (Lipinski definition) is 1. The van der Waals surface area contributed by atoms with E-state index in [1.165, 1.54) is 0 Å². The summed E-state index contributed by atoms with van der Waals surface area (Å²) in [6.07, 6.45) is 3.16. The summed E-state index contributed by atoms with van der Waals surface area (Å²) in [7, 11) is 1.70. The number of carboxylic acid groups (broad SMARTS) is 1. The van der Waals surface area contributed by atoms with Gasteiger partial charge in [0.2, 0.25) is 0 Å². The lowest BCUT2D eigenvalue weighted by Crippen LogP contribution is -2.41. The molecule has 0 radical (unpaired) electrons. The molecule has 0 spiro atoms. The maximum Gasteiger partial charge on any atom is 0.314 e. The third-order valence-electron chi connectivity index (χ3n) is 3.86. The highest BCUT2D eigenvalue weighted by Gasteiger charge is 2.43. The zero-order valence-corrected chi connectivity index (χ0v) is 10.1. The van der Waals surface area contributed by atoms with Crippen molar-refractivity contribution >= 4 is 5.97 Å². The molecule has 92 valence electrons. The molecule has 0 bridgehead atoms. The smallest absolute Gasteiger partial charge is 0.314 e. The Hall–Kier alpha value is -1.35. The van der Waals surface area contributed by atoms with Gasteiger partial charge in [-0.25, -0.2) is 0 Å². The van der Waals surface area contributed by atoms with Gasteiger partial charge in [0.15, 0.2) is 0 Å². The first-order valence-electron chi connectivity index (χ1n) is 6.01. The predicted octanol–water partition coefficient (Wildman–Crippen LogP) is 2.60. The summed E-state index contributed by atoms with van der Waals surface area (Å²) in [5, 5.41) is 9.56. The zero-order valence-electron chi connectivity index (χ0n) is 10.1. The second-order valence-electron chi connectivity index (χ2n) is 4.69. The van der Waals surface area contributed by atoms with Crippen molar-refractivity contribution in [1.29, 1.82) is 0 Å². The summed E-state index contributed by atoms with van der Waals surface area (Å²) < 4.78 is 5.31. The Morgan fingerprint density at radius 2 is 1.88 bits per heavy atom. The first kappa shape index (κ1) is 12.1. The van der Waals surface area contributed by atoms with E-state index in [0.717, 1.165) is 18.4 Å². The minimum atomic E-state index is -0.712. The standard InChI is InChI=1S/C14H18O3/c1-17-12-7-9-14(10-8-12,13(15)16)11-5-3-2-4-6-11/h2-6,12H,7-10H2,1H3,(H,15,16). The SMILES string of the molecule is COC1CCC(C(=O)O)(c2ccccc2)CC1. The van der Waals surface area contributed by atoms with E-state index in [1.807, 2.05) is 30.3 Å². The topological polar surface area (TPSA) is 46.5 Å². The number of carboxylic acids is 1. The third-order valence-corrected chi connectivity index (χ3v) is 3.86. The second-order valence-corrected chi connectivity index (χ2v) is 4.69. The third kappa shape index (κ3) is 2.20. The van der Waals surface area contributed by atoms with E-state index in [2.05, 4.69) is 0 Å². The van der Waals surface area contributed by atoms with Crippen LogP contribution < -0.4 is 0 Å². The summed E-state index contributed by atoms with van der Waals surface area (Å²) in [4.78, 5) is 11.6. The molecule has 1 aromatic rings. The first-order chi connectivity index (χ1) is 8.19. The molecular weight excluding hydrogens is 216 g/mol. The molecule has 1 saturated carbocycles. The Morgan fingerprint density at radius 1 is 1.29 bits per heavy atom. The monoisotopic (exact) mass is 234 g/mol. The van der Waals surface area contributed by atoms with Gasteiger partial charge in [-0.1, -0.05) is 30.3 Å². The molecule has 0 aromatic heterocycles. The van der Waals surface area contributed by atoms with E-state index in [4.69, 9.17) is 4.74 Å². The largest absolute Gasteiger partial charge is 0.481 e. The van der Waals surface area contributed by atoms with Crippen molar-refractivity contribution in [3.05, 3.63) is 35.9 Å². The van der Waals surface area contributed by atoms with E-state index in [9.17, 15) is 9.90 Å². The minimum absolute atomic E-state index is 0.214. The van der Waals surface area contributed by atoms with Gasteiger partial charge in [-0.15, -0.1) is 0 Å². The number of methoxy groups -OCH3 is 1. The van der Waals surface area contributed by atoms with Crippen LogP contribution in [-0.2, 0) is 14.9 Å². The molecule has 0 saturated heterocycles. The van der Waals surface area contributed by atoms with Crippen LogP contribution in [0.25, 0.3) is 0 Å². The van der Waals surface area contributed by atoms with Gasteiger partial charge in [0.05, 0.1) is 11.5 Å². The quantitative estimate of drug-likeness (QED) is 0.874. The molecule has 2 rings (SSSR count). The molecule has 1 aliphatic rings. The van der Waals surface area contributed by atoms with Gasteiger partial charge in [-0.2, -0.15) is 0 Å². The maximum absolute atomic E-state index is 11.6. The summed E-state index contributed by atoms with van der Waals surface area (Å²) in [6, 6.07) is 9.56. The summed E-state index contributed by atoms with van der Waals surface area (Å²) in [6.45, 7) is 0. The van der Waals surface area contributed by atoms with Crippen LogP contribution in [-0.4, -0.2) is 24.3 Å². The summed E-state index contributed by atoms with van der Waals surface area (Å²) in [5.41, 5.74) is 0.207. The molecule has 0 heterocycles. The van der Waals surface area contributed by atoms with Crippen molar-refractivity contribution in [3.8, 4) is 0 Å². The lowest BCUT2D eigenvalue weighted by atomic mass is 9.69. The Balaban J connectivity index is 2.27. The molecule has 3 nitrogen and oxygen atoms in total. The lowest BCUT2D eigenvalue weighted by Gasteiger charge is -2.36. The molecule has 0 atom stereocenters. The van der Waals surface area contributed by atoms with Crippen molar-refractivity contribution in [1.82, 2.24) is 0 Å². The van der Waals surface area contributed by atoms with Crippen LogP contribution in [0.5, 0.6) is 0 Å². The van der Waals surface area contributed by atoms with Gasteiger partial charge >= 0.3 is 5.97 Å². The van der Waals surface area contributed by atoms with Crippen LogP contribution >= 0.6 is 0 Å². The molecule has 0 aliphatic heterocycles. The Labute approximate surface area is 101 Å². The van der Waals surface area contributed by atoms with E-state index in [0.29, 0.717) is 12.8 Å². The van der Waals surface area contributed by atoms with Gasteiger partial charge in [-0.3, -0.25) is 4.79 Å². The van der Waals surface area contributed by atoms with Crippen molar-refractivity contribution < 1.29 is 14.6 Å². The Bertz CT molecular complexity index is 378. The van der Waals surface area contributed by atoms with Crippen LogP contribution in [0.1, 0.15) is 31.2 Å². The molecule has 1 fully saturated rings. The first-order valence-corrected chi connectivity index (χ1v) is 6.01. The molecule has 1 aliphatic carbocycles. The molecule has 1 N–H and O–H groups in total. The minimum Gasteiger partial charge on any atom is -0.481 e. The average molecular weight is 234 g/mol. The van der Waals surface area contributed by atoms with Crippen LogP contribution in [0.3, 0.4) is 0 Å². The van der Waals surface area contributed by atoms with Gasteiger partial charge in [-0.05, 0) is 31.2 Å². The molecular formula is C14H18O3. The Kier molecular flexibility index (Phi) is 3.48. The summed E-state index contributed by atoms with van der Waals surface area (Å²) in [5.74, 6) is -0.710. The fourth-order valence-corrected chi connectivity index (χ4v) is 2.70. The van der Waals surface area contributed by atoms with Crippen LogP contribution in [0, 0.1) is 0 Å². The molecule has 0 amide bonds. The number of rotatable bonds is 3. The van der Waals surface area contributed by atoms with Crippen molar-refractivity contribution in [2.45, 2.75) is 37.2 Å². The molecule has 3 heteroatoms. The van der Waals surface area contributed by atoms with Crippen molar-refractivity contribution in [3.63, 3.8) is 0 Å². The number of benzene rings is 1. The number of ether oxygens (including phenoxy) is 1. The van der Waals surface area contributed by atoms with Crippen LogP contribution in [0.15, 0.2) is 30.3 Å². The number of carbonyl (C=O) groups is 1. The number of aliphatic carboxylic acids is 1. The van der Waals surface area contributed by atoms with Gasteiger partial charge in [0.25, 0.3) is 0 Å². The maximum atomic E-state index is 11.6. The number of hydrogen-bond acceptors (Lipinski definition) is 2. The lowest BCUT2D eigenvalue weighted by molar-refractivity contribution is -0.146. The molecule has 0 unspecified atom stereocenters. The second kappa shape index (κ2) is 4.88. The van der Waals surface area contributed by atoms with E-state index >= 15 is 0 Å². The highest BCUT2D eigenvalue weighted by Crippen LogP contribution is 2.40.